The van der Waals surface area contributed by atoms with E-state index in [-0.39, 0.29) is 50.2 Å². The van der Waals surface area contributed by atoms with Crippen LogP contribution in [0.15, 0.2) is 24.3 Å². The van der Waals surface area contributed by atoms with Crippen molar-refractivity contribution in [2.24, 2.45) is 23.7 Å². The molecule has 4 atom stereocenters. The van der Waals surface area contributed by atoms with Gasteiger partial charge in [-0.15, -0.1) is 0 Å². The van der Waals surface area contributed by atoms with Gasteiger partial charge in [0.15, 0.2) is 0 Å². The van der Waals surface area contributed by atoms with E-state index in [9.17, 15) is 17.3 Å². The third-order valence-corrected chi connectivity index (χ3v) is 18.5. The van der Waals surface area contributed by atoms with Gasteiger partial charge in [-0.05, 0) is 75.0 Å². The van der Waals surface area contributed by atoms with E-state index in [0.29, 0.717) is 0 Å². The monoisotopic (exact) mass is 700 g/mol. The van der Waals surface area contributed by atoms with Gasteiger partial charge in [0.1, 0.15) is 0 Å². The molecule has 2 saturated heterocycles. The molecule has 0 unspecified atom stereocenters. The van der Waals surface area contributed by atoms with Crippen LogP contribution in [0.5, 0.6) is 0 Å². The van der Waals surface area contributed by atoms with E-state index in [2.05, 4.69) is 79.7 Å². The Labute approximate surface area is 263 Å². The van der Waals surface area contributed by atoms with Crippen molar-refractivity contribution in [3.05, 3.63) is 39.2 Å². The van der Waals surface area contributed by atoms with Crippen molar-refractivity contribution in [1.82, 2.24) is 0 Å². The van der Waals surface area contributed by atoms with Crippen LogP contribution in [0.4, 0.5) is 17.3 Å². The molecule has 0 amide bonds. The van der Waals surface area contributed by atoms with Gasteiger partial charge in [-0.3, -0.25) is 0 Å². The predicted octanol–water partition coefficient (Wildman–Crippen LogP) is 12.0. The van der Waals surface area contributed by atoms with Gasteiger partial charge in [-0.1, -0.05) is 79.7 Å². The summed E-state index contributed by atoms with van der Waals surface area (Å²) in [6, 6.07) is 0. The Balaban J connectivity index is -0.000000713. The van der Waals surface area contributed by atoms with Gasteiger partial charge >= 0.3 is 26.7 Å². The van der Waals surface area contributed by atoms with Crippen LogP contribution < -0.4 is 0 Å². The van der Waals surface area contributed by atoms with Crippen LogP contribution in [-0.4, -0.2) is 42.2 Å². The fourth-order valence-corrected chi connectivity index (χ4v) is 17.4. The first-order valence-electron chi connectivity index (χ1n) is 15.1. The zero-order valence-corrected chi connectivity index (χ0v) is 31.1. The Morgan fingerprint density at radius 1 is 0.525 bits per heavy atom. The Morgan fingerprint density at radius 2 is 0.700 bits per heavy atom. The summed E-state index contributed by atoms with van der Waals surface area (Å²) >= 11 is 0. The Kier molecular flexibility index (Phi) is 26.2. The van der Waals surface area contributed by atoms with Gasteiger partial charge < -0.3 is 32.1 Å². The van der Waals surface area contributed by atoms with Gasteiger partial charge in [0.2, 0.25) is 0 Å². The topological polar surface area (TPSA) is 0 Å². The molecular formula is C32H64BF4P2Rh+2. The van der Waals surface area contributed by atoms with Gasteiger partial charge in [-0.2, -0.15) is 0 Å². The molecule has 0 aromatic rings. The van der Waals surface area contributed by atoms with Crippen LogP contribution in [-0.2, 0) is 19.5 Å². The number of allylic oxidation sites excluding steroid dienone is 4. The minimum absolute atomic E-state index is 0. The standard InChI is InChI=1S/C22H44P2.C8H12.2CH3.BF4.Rh/c1-15(2)19-9-10-20(16(3)4)23(19)13-14-24-21(17(5)6)11-12-22(24)18(7)8;1-2-4-6-8-7-5-3-1;;;2-1(3,4)5;/h15-22H,9-14H2,1-8H3;1-2,7-8H,3-6H2;2*1H3;;/q;;3*-1;+3/p+2/b;2-1-,8-7-;;;;/t19-,20-,21-,22-;;;;;/m0...../s1. The Bertz CT molecular complexity index is 568. The summed E-state index contributed by atoms with van der Waals surface area (Å²) in [5.74, 6) is 3.74. The van der Waals surface area contributed by atoms with Crippen LogP contribution >= 0.6 is 15.8 Å². The Morgan fingerprint density at radius 3 is 0.850 bits per heavy atom. The van der Waals surface area contributed by atoms with Crippen LogP contribution in [0.3, 0.4) is 0 Å². The molecule has 3 aliphatic rings. The molecule has 0 N–H and O–H groups in total. The van der Waals surface area contributed by atoms with Crippen molar-refractivity contribution in [2.45, 2.75) is 129 Å². The minimum atomic E-state index is -6.00. The molecular weight excluding hydrogens is 636 g/mol. The molecule has 0 aromatic heterocycles. The molecule has 0 saturated carbocycles. The molecule has 40 heavy (non-hydrogen) atoms. The largest absolute Gasteiger partial charge is 3.00 e. The first-order chi connectivity index (χ1) is 17.2. The molecule has 0 bridgehead atoms. The molecule has 2 fully saturated rings. The van der Waals surface area contributed by atoms with E-state index in [0.717, 1.165) is 46.3 Å². The fourth-order valence-electron chi connectivity index (χ4n) is 6.94. The number of rotatable bonds is 7. The van der Waals surface area contributed by atoms with Gasteiger partial charge in [0, 0.05) is 15.8 Å². The SMILES string of the molecule is C1=C\CC/C=C\CC/1.CC(C)[C@@H]1CC[C@@H](C(C)C)[PH+]1CC[PH+]1[C@H](C(C)C)CC[C@H]1C(C)C.F[B-](F)(F)F.[CH3-].[CH3-].[Rh+3]. The summed E-state index contributed by atoms with van der Waals surface area (Å²) in [6.45, 7) is 20.1. The predicted molar refractivity (Wildman–Crippen MR) is 179 cm³/mol. The maximum Gasteiger partial charge on any atom is 3.00 e. The van der Waals surface area contributed by atoms with Crippen molar-refractivity contribution in [1.29, 1.82) is 0 Å². The zero-order chi connectivity index (χ0) is 28.2. The van der Waals surface area contributed by atoms with Crippen molar-refractivity contribution >= 4 is 23.1 Å². The molecule has 3 rings (SSSR count). The van der Waals surface area contributed by atoms with Crippen LogP contribution in [0.25, 0.3) is 0 Å². The summed E-state index contributed by atoms with van der Waals surface area (Å²) in [4.78, 5) is 0. The molecule has 8 heteroatoms. The smallest absolute Gasteiger partial charge is 0.418 e. The van der Waals surface area contributed by atoms with Crippen LogP contribution in [0, 0.1) is 38.5 Å². The normalized spacial score (nSPS) is 26.9. The van der Waals surface area contributed by atoms with E-state index in [1.165, 1.54) is 25.7 Å². The quantitative estimate of drug-likeness (QED) is 0.0816. The second-order valence-electron chi connectivity index (χ2n) is 12.8. The van der Waals surface area contributed by atoms with E-state index in [4.69, 9.17) is 0 Å². The number of halogens is 4. The van der Waals surface area contributed by atoms with Crippen molar-refractivity contribution in [3.63, 3.8) is 0 Å². The molecule has 0 radical (unpaired) electrons. The molecule has 0 spiro atoms. The molecule has 1 aliphatic carbocycles. The van der Waals surface area contributed by atoms with Gasteiger partial charge in [0.05, 0.1) is 35.0 Å². The second kappa shape index (κ2) is 23.2. The fraction of sp³-hybridized carbons (Fsp3) is 0.812. The van der Waals surface area contributed by atoms with Crippen LogP contribution in [0.1, 0.15) is 107 Å². The van der Waals surface area contributed by atoms with E-state index in [1.54, 1.807) is 38.0 Å². The number of hydrogen-bond donors (Lipinski definition) is 0. The first kappa shape index (κ1) is 45.2. The summed E-state index contributed by atoms with van der Waals surface area (Å²) in [7, 11) is -6.29. The molecule has 2 heterocycles. The van der Waals surface area contributed by atoms with Crippen LogP contribution in [0.2, 0.25) is 0 Å². The van der Waals surface area contributed by atoms with Crippen molar-refractivity contribution < 1.29 is 36.7 Å². The minimum Gasteiger partial charge on any atom is -0.418 e. The second-order valence-corrected chi connectivity index (χ2v) is 19.1. The van der Waals surface area contributed by atoms with Gasteiger partial charge in [-0.25, -0.2) is 0 Å². The summed E-state index contributed by atoms with van der Waals surface area (Å²) in [5.41, 5.74) is 4.45. The molecule has 2 aliphatic heterocycles. The third-order valence-electron chi connectivity index (χ3n) is 8.74. The summed E-state index contributed by atoms with van der Waals surface area (Å²) in [6.07, 6.45) is 23.5. The Hall–Kier alpha value is 0.748. The van der Waals surface area contributed by atoms with Crippen molar-refractivity contribution in [2.75, 3.05) is 12.3 Å². The number of hydrogen-bond acceptors (Lipinski definition) is 0. The molecule has 240 valence electrons. The molecule has 0 aromatic carbocycles. The average Bonchev–Trinajstić information content (AvgIpc) is 3.35. The van der Waals surface area contributed by atoms with E-state index < -0.39 is 7.25 Å². The van der Waals surface area contributed by atoms with E-state index in [1.807, 2.05) is 0 Å². The summed E-state index contributed by atoms with van der Waals surface area (Å²) < 4.78 is 39.0. The maximum atomic E-state index is 9.75. The van der Waals surface area contributed by atoms with E-state index >= 15 is 0 Å². The first-order valence-corrected chi connectivity index (χ1v) is 18.8. The van der Waals surface area contributed by atoms with Crippen molar-refractivity contribution in [3.8, 4) is 0 Å². The zero-order valence-electron chi connectivity index (χ0n) is 27.4. The maximum absolute atomic E-state index is 9.75. The molecule has 0 nitrogen and oxygen atoms in total. The third kappa shape index (κ3) is 17.8. The average molecular weight is 701 g/mol. The summed E-state index contributed by atoms with van der Waals surface area (Å²) in [5, 5.41) is 0. The van der Waals surface area contributed by atoms with Gasteiger partial charge in [0.25, 0.3) is 0 Å².